The van der Waals surface area contributed by atoms with Gasteiger partial charge in [0.05, 0.1) is 12.7 Å². The molecule has 1 atom stereocenters. The Labute approximate surface area is 135 Å². The summed E-state index contributed by atoms with van der Waals surface area (Å²) in [6, 6.07) is 7.56. The number of aromatic nitrogens is 2. The van der Waals surface area contributed by atoms with E-state index < -0.39 is 0 Å². The molecular formula is C17H20ClN3O. The monoisotopic (exact) mass is 317 g/mol. The minimum atomic E-state index is 0.153. The lowest BCUT2D eigenvalue weighted by atomic mass is 9.94. The Hall–Kier alpha value is -1.81. The summed E-state index contributed by atoms with van der Waals surface area (Å²) in [6.07, 6.45) is 6.24. The van der Waals surface area contributed by atoms with Gasteiger partial charge in [0.2, 0.25) is 5.91 Å². The highest BCUT2D eigenvalue weighted by molar-refractivity contribution is 6.31. The highest BCUT2D eigenvalue weighted by atomic mass is 35.5. The van der Waals surface area contributed by atoms with Crippen LogP contribution in [-0.4, -0.2) is 33.4 Å². The zero-order chi connectivity index (χ0) is 15.5. The average Bonchev–Trinajstić information content (AvgIpc) is 2.96. The van der Waals surface area contributed by atoms with Crippen LogP contribution >= 0.6 is 11.6 Å². The molecule has 0 spiro atoms. The molecule has 4 nitrogen and oxygen atoms in total. The second-order valence-electron chi connectivity index (χ2n) is 5.88. The van der Waals surface area contributed by atoms with Gasteiger partial charge >= 0.3 is 0 Å². The molecule has 1 amide bonds. The van der Waals surface area contributed by atoms with Crippen LogP contribution in [0, 0.1) is 0 Å². The van der Waals surface area contributed by atoms with Gasteiger partial charge in [-0.05, 0) is 24.5 Å². The fourth-order valence-electron chi connectivity index (χ4n) is 3.12. The van der Waals surface area contributed by atoms with E-state index in [0.29, 0.717) is 17.4 Å². The Kier molecular flexibility index (Phi) is 4.48. The van der Waals surface area contributed by atoms with Crippen LogP contribution in [0.3, 0.4) is 0 Å². The fourth-order valence-corrected chi connectivity index (χ4v) is 3.32. The number of carbonyl (C=O) groups is 1. The summed E-state index contributed by atoms with van der Waals surface area (Å²) in [7, 11) is 2.01. The Balaban J connectivity index is 1.68. The van der Waals surface area contributed by atoms with Crippen molar-refractivity contribution in [3.05, 3.63) is 53.1 Å². The zero-order valence-corrected chi connectivity index (χ0v) is 13.5. The smallest absolute Gasteiger partial charge is 0.227 e. The standard InChI is InChI=1S/C17H20ClN3O/c1-20-12-19-10-16(20)14-6-4-8-21(11-14)17(22)9-13-5-2-3-7-15(13)18/h2-3,5,7,10,12,14H,4,6,8-9,11H2,1H3. The summed E-state index contributed by atoms with van der Waals surface area (Å²) in [6.45, 7) is 1.60. The molecular weight excluding hydrogens is 298 g/mol. The molecule has 0 aliphatic carbocycles. The van der Waals surface area contributed by atoms with E-state index in [9.17, 15) is 4.79 Å². The summed E-state index contributed by atoms with van der Waals surface area (Å²) in [4.78, 5) is 18.7. The van der Waals surface area contributed by atoms with Crippen molar-refractivity contribution in [1.29, 1.82) is 0 Å². The summed E-state index contributed by atoms with van der Waals surface area (Å²) >= 11 is 6.16. The summed E-state index contributed by atoms with van der Waals surface area (Å²) in [5.41, 5.74) is 2.10. The number of nitrogens with zero attached hydrogens (tertiary/aromatic N) is 3. The molecule has 1 fully saturated rings. The first-order valence-electron chi connectivity index (χ1n) is 7.62. The maximum Gasteiger partial charge on any atom is 0.227 e. The van der Waals surface area contributed by atoms with E-state index in [1.54, 1.807) is 0 Å². The van der Waals surface area contributed by atoms with E-state index in [1.807, 2.05) is 53.3 Å². The van der Waals surface area contributed by atoms with Crippen molar-refractivity contribution < 1.29 is 4.79 Å². The summed E-state index contributed by atoms with van der Waals surface area (Å²) < 4.78 is 2.05. The maximum atomic E-state index is 12.6. The molecule has 0 saturated carbocycles. The van der Waals surface area contributed by atoms with Crippen molar-refractivity contribution in [2.45, 2.75) is 25.2 Å². The lowest BCUT2D eigenvalue weighted by Gasteiger charge is -2.33. The number of likely N-dealkylation sites (tertiary alicyclic amines) is 1. The molecule has 2 heterocycles. The third kappa shape index (κ3) is 3.17. The molecule has 1 aliphatic rings. The Morgan fingerprint density at radius 1 is 1.41 bits per heavy atom. The number of halogens is 1. The average molecular weight is 318 g/mol. The largest absolute Gasteiger partial charge is 0.342 e. The molecule has 1 unspecified atom stereocenters. The van der Waals surface area contributed by atoms with E-state index in [0.717, 1.165) is 31.5 Å². The van der Waals surface area contributed by atoms with Gasteiger partial charge < -0.3 is 9.47 Å². The van der Waals surface area contributed by atoms with Crippen molar-refractivity contribution >= 4 is 17.5 Å². The SMILES string of the molecule is Cn1cncc1C1CCCN(C(=O)Cc2ccccc2Cl)C1. The normalized spacial score (nSPS) is 18.5. The second kappa shape index (κ2) is 6.53. The van der Waals surface area contributed by atoms with Crippen LogP contribution in [0.15, 0.2) is 36.8 Å². The third-order valence-electron chi connectivity index (χ3n) is 4.35. The molecule has 0 radical (unpaired) electrons. The number of hydrogen-bond acceptors (Lipinski definition) is 2. The zero-order valence-electron chi connectivity index (χ0n) is 12.7. The topological polar surface area (TPSA) is 38.1 Å². The van der Waals surface area contributed by atoms with Gasteiger partial charge in [-0.15, -0.1) is 0 Å². The van der Waals surface area contributed by atoms with Gasteiger partial charge in [-0.3, -0.25) is 4.79 Å². The molecule has 22 heavy (non-hydrogen) atoms. The minimum Gasteiger partial charge on any atom is -0.342 e. The quantitative estimate of drug-likeness (QED) is 0.872. The first-order chi connectivity index (χ1) is 10.6. The van der Waals surface area contributed by atoms with Crippen LogP contribution in [-0.2, 0) is 18.3 Å². The van der Waals surface area contributed by atoms with Gasteiger partial charge in [0.1, 0.15) is 0 Å². The van der Waals surface area contributed by atoms with Gasteiger partial charge in [-0.25, -0.2) is 4.98 Å². The number of imidazole rings is 1. The van der Waals surface area contributed by atoms with E-state index in [2.05, 4.69) is 4.98 Å². The number of piperidine rings is 1. The molecule has 1 saturated heterocycles. The van der Waals surface area contributed by atoms with Gasteiger partial charge in [-0.2, -0.15) is 0 Å². The van der Waals surface area contributed by atoms with Crippen molar-refractivity contribution in [2.75, 3.05) is 13.1 Å². The van der Waals surface area contributed by atoms with Gasteiger partial charge in [0, 0.05) is 43.0 Å². The fraction of sp³-hybridized carbons (Fsp3) is 0.412. The number of amides is 1. The van der Waals surface area contributed by atoms with E-state index in [4.69, 9.17) is 11.6 Å². The Bertz CT molecular complexity index is 667. The predicted octanol–water partition coefficient (Wildman–Crippen LogP) is 3.02. The molecule has 1 aromatic heterocycles. The number of carbonyl (C=O) groups excluding carboxylic acids is 1. The van der Waals surface area contributed by atoms with Crippen LogP contribution in [0.2, 0.25) is 5.02 Å². The molecule has 116 valence electrons. The first-order valence-corrected chi connectivity index (χ1v) is 8.00. The van der Waals surface area contributed by atoms with Crippen molar-refractivity contribution in [1.82, 2.24) is 14.5 Å². The van der Waals surface area contributed by atoms with Gasteiger partial charge in [-0.1, -0.05) is 29.8 Å². The van der Waals surface area contributed by atoms with Crippen LogP contribution < -0.4 is 0 Å². The van der Waals surface area contributed by atoms with E-state index in [-0.39, 0.29) is 5.91 Å². The second-order valence-corrected chi connectivity index (χ2v) is 6.28. The maximum absolute atomic E-state index is 12.6. The molecule has 0 N–H and O–H groups in total. The Morgan fingerprint density at radius 2 is 2.23 bits per heavy atom. The van der Waals surface area contributed by atoms with Crippen molar-refractivity contribution in [3.63, 3.8) is 0 Å². The molecule has 1 aliphatic heterocycles. The Morgan fingerprint density at radius 3 is 2.95 bits per heavy atom. The molecule has 2 aromatic rings. The number of hydrogen-bond donors (Lipinski definition) is 0. The molecule has 0 bridgehead atoms. The number of benzene rings is 1. The number of aryl methyl sites for hydroxylation is 1. The lowest BCUT2D eigenvalue weighted by molar-refractivity contribution is -0.131. The highest BCUT2D eigenvalue weighted by Crippen LogP contribution is 2.27. The molecule has 5 heteroatoms. The lowest BCUT2D eigenvalue weighted by Crippen LogP contribution is -2.40. The van der Waals surface area contributed by atoms with Crippen LogP contribution in [0.4, 0.5) is 0 Å². The van der Waals surface area contributed by atoms with Crippen LogP contribution in [0.5, 0.6) is 0 Å². The first kappa shape index (κ1) is 15.1. The minimum absolute atomic E-state index is 0.153. The summed E-state index contributed by atoms with van der Waals surface area (Å²) in [5, 5.41) is 0.663. The van der Waals surface area contributed by atoms with Crippen LogP contribution in [0.1, 0.15) is 30.0 Å². The van der Waals surface area contributed by atoms with Crippen molar-refractivity contribution in [3.8, 4) is 0 Å². The van der Waals surface area contributed by atoms with Gasteiger partial charge in [0.15, 0.2) is 0 Å². The number of rotatable bonds is 3. The predicted molar refractivity (Wildman–Crippen MR) is 86.9 cm³/mol. The van der Waals surface area contributed by atoms with Crippen molar-refractivity contribution in [2.24, 2.45) is 7.05 Å². The highest BCUT2D eigenvalue weighted by Gasteiger charge is 2.26. The third-order valence-corrected chi connectivity index (χ3v) is 4.71. The molecule has 1 aromatic carbocycles. The summed E-state index contributed by atoms with van der Waals surface area (Å²) in [5.74, 6) is 0.524. The van der Waals surface area contributed by atoms with E-state index >= 15 is 0 Å². The van der Waals surface area contributed by atoms with E-state index in [1.165, 1.54) is 5.69 Å². The molecule has 3 rings (SSSR count). The van der Waals surface area contributed by atoms with Crippen LogP contribution in [0.25, 0.3) is 0 Å². The van der Waals surface area contributed by atoms with Gasteiger partial charge in [0.25, 0.3) is 0 Å².